The lowest BCUT2D eigenvalue weighted by atomic mass is 9.89. The molecule has 2 aliphatic heterocycles. The molecule has 1 aliphatic carbocycles. The van der Waals surface area contributed by atoms with Gasteiger partial charge >= 0.3 is 0 Å². The van der Waals surface area contributed by atoms with E-state index in [1.54, 1.807) is 0 Å². The SMILES string of the molecule is Cc1cnn(C)c1-c1ccc(NCC2CC23CCN(CC2CCOCC2)CC3)nn1. The molecule has 0 amide bonds. The smallest absolute Gasteiger partial charge is 0.148 e. The van der Waals surface area contributed by atoms with Gasteiger partial charge in [0.2, 0.25) is 0 Å². The summed E-state index contributed by atoms with van der Waals surface area (Å²) in [4.78, 5) is 2.70. The van der Waals surface area contributed by atoms with E-state index in [1.807, 2.05) is 30.1 Å². The van der Waals surface area contributed by atoms with E-state index in [1.165, 1.54) is 51.7 Å². The maximum atomic E-state index is 5.51. The first-order chi connectivity index (χ1) is 14.6. The average molecular weight is 411 g/mol. The first-order valence-electron chi connectivity index (χ1n) is 11.5. The second-order valence-corrected chi connectivity index (χ2v) is 9.60. The predicted octanol–water partition coefficient (Wildman–Crippen LogP) is 3.13. The molecular weight excluding hydrogens is 376 g/mol. The van der Waals surface area contributed by atoms with E-state index in [9.17, 15) is 0 Å². The van der Waals surface area contributed by atoms with Crippen molar-refractivity contribution < 1.29 is 4.74 Å². The Kier molecular flexibility index (Phi) is 5.50. The van der Waals surface area contributed by atoms with Gasteiger partial charge in [-0.1, -0.05) is 0 Å². The highest BCUT2D eigenvalue weighted by atomic mass is 16.5. The molecule has 7 nitrogen and oxygen atoms in total. The molecule has 1 atom stereocenters. The van der Waals surface area contributed by atoms with Crippen LogP contribution in [0.25, 0.3) is 11.4 Å². The molecule has 0 aromatic carbocycles. The summed E-state index contributed by atoms with van der Waals surface area (Å²) in [5.41, 5.74) is 3.61. The van der Waals surface area contributed by atoms with Gasteiger partial charge in [-0.05, 0) is 87.1 Å². The van der Waals surface area contributed by atoms with Crippen LogP contribution >= 0.6 is 0 Å². The van der Waals surface area contributed by atoms with Gasteiger partial charge in [-0.15, -0.1) is 10.2 Å². The van der Waals surface area contributed by atoms with Gasteiger partial charge in [0.25, 0.3) is 0 Å². The Labute approximate surface area is 179 Å². The fourth-order valence-electron chi connectivity index (χ4n) is 5.50. The Hall–Kier alpha value is -1.99. The van der Waals surface area contributed by atoms with E-state index in [4.69, 9.17) is 4.74 Å². The van der Waals surface area contributed by atoms with Gasteiger partial charge in [0.1, 0.15) is 11.5 Å². The normalized spacial score (nSPS) is 24.3. The van der Waals surface area contributed by atoms with Crippen LogP contribution < -0.4 is 5.32 Å². The molecule has 0 bridgehead atoms. The zero-order chi connectivity index (χ0) is 20.6. The van der Waals surface area contributed by atoms with Crippen molar-refractivity contribution in [2.45, 2.75) is 39.0 Å². The van der Waals surface area contributed by atoms with Crippen LogP contribution in [0.2, 0.25) is 0 Å². The van der Waals surface area contributed by atoms with Crippen molar-refractivity contribution in [3.8, 4) is 11.4 Å². The van der Waals surface area contributed by atoms with Crippen LogP contribution in [0.3, 0.4) is 0 Å². The number of aromatic nitrogens is 4. The molecular formula is C23H34N6O. The largest absolute Gasteiger partial charge is 0.381 e. The molecule has 7 heteroatoms. The highest BCUT2D eigenvalue weighted by Gasteiger charge is 2.54. The van der Waals surface area contributed by atoms with Gasteiger partial charge in [0, 0.05) is 33.4 Å². The van der Waals surface area contributed by atoms with Gasteiger partial charge < -0.3 is 15.0 Å². The summed E-state index contributed by atoms with van der Waals surface area (Å²) in [5, 5.41) is 16.7. The number of rotatable bonds is 6. The van der Waals surface area contributed by atoms with Crippen LogP contribution in [-0.2, 0) is 11.8 Å². The Bertz CT molecular complexity index is 830. The van der Waals surface area contributed by atoms with Crippen molar-refractivity contribution in [3.63, 3.8) is 0 Å². The number of anilines is 1. The molecule has 3 aliphatic rings. The van der Waals surface area contributed by atoms with Crippen LogP contribution in [0, 0.1) is 24.2 Å². The van der Waals surface area contributed by atoms with E-state index in [0.29, 0.717) is 5.41 Å². The summed E-state index contributed by atoms with van der Waals surface area (Å²) in [7, 11) is 1.94. The van der Waals surface area contributed by atoms with E-state index >= 15 is 0 Å². The molecule has 0 radical (unpaired) electrons. The quantitative estimate of drug-likeness (QED) is 0.789. The summed E-state index contributed by atoms with van der Waals surface area (Å²) in [5.74, 6) is 2.50. The number of nitrogens with zero attached hydrogens (tertiary/aromatic N) is 5. The maximum Gasteiger partial charge on any atom is 0.148 e. The van der Waals surface area contributed by atoms with Gasteiger partial charge in [0.15, 0.2) is 0 Å². The lowest BCUT2D eigenvalue weighted by Gasteiger charge is -2.36. The minimum Gasteiger partial charge on any atom is -0.381 e. The Morgan fingerprint density at radius 3 is 2.63 bits per heavy atom. The Balaban J connectivity index is 1.08. The number of hydrogen-bond donors (Lipinski definition) is 1. The van der Waals surface area contributed by atoms with Crippen molar-refractivity contribution in [2.75, 3.05) is 44.7 Å². The standard InChI is InChI=1S/C23H34N6O/c1-17-14-25-28(2)22(17)20-3-4-21(27-26-20)24-15-19-13-23(19)7-9-29(10-8-23)16-18-5-11-30-12-6-18/h3-4,14,18-19H,5-13,15-16H2,1-2H3,(H,24,27). The summed E-state index contributed by atoms with van der Waals surface area (Å²) in [6.07, 6.45) is 8.43. The Morgan fingerprint density at radius 2 is 1.97 bits per heavy atom. The monoisotopic (exact) mass is 410 g/mol. The number of nitrogens with one attached hydrogen (secondary N) is 1. The fraction of sp³-hybridized carbons (Fsp3) is 0.696. The molecule has 1 saturated carbocycles. The maximum absolute atomic E-state index is 5.51. The summed E-state index contributed by atoms with van der Waals surface area (Å²) >= 11 is 0. The Morgan fingerprint density at radius 1 is 1.17 bits per heavy atom. The van der Waals surface area contributed by atoms with Crippen LogP contribution in [0.15, 0.2) is 18.3 Å². The number of aryl methyl sites for hydroxylation is 2. The van der Waals surface area contributed by atoms with Crippen molar-refractivity contribution in [2.24, 2.45) is 24.3 Å². The van der Waals surface area contributed by atoms with Crippen LogP contribution in [0.1, 0.15) is 37.7 Å². The number of likely N-dealkylation sites (tertiary alicyclic amines) is 1. The van der Waals surface area contributed by atoms with Crippen LogP contribution in [0.5, 0.6) is 0 Å². The molecule has 1 unspecified atom stereocenters. The lowest BCUT2D eigenvalue weighted by molar-refractivity contribution is 0.0449. The van der Waals surface area contributed by atoms with E-state index in [2.05, 4.69) is 32.4 Å². The topological polar surface area (TPSA) is 68.1 Å². The molecule has 1 N–H and O–H groups in total. The third-order valence-electron chi connectivity index (χ3n) is 7.63. The number of ether oxygens (including phenoxy) is 1. The van der Waals surface area contributed by atoms with Gasteiger partial charge in [0.05, 0.1) is 11.9 Å². The zero-order valence-corrected chi connectivity index (χ0v) is 18.3. The fourth-order valence-corrected chi connectivity index (χ4v) is 5.50. The second-order valence-electron chi connectivity index (χ2n) is 9.60. The zero-order valence-electron chi connectivity index (χ0n) is 18.3. The van der Waals surface area contributed by atoms with E-state index in [0.717, 1.165) is 54.4 Å². The molecule has 5 rings (SSSR count). The second kappa shape index (κ2) is 8.27. The highest BCUT2D eigenvalue weighted by molar-refractivity contribution is 5.59. The van der Waals surface area contributed by atoms with Gasteiger partial charge in [-0.3, -0.25) is 4.68 Å². The molecule has 4 heterocycles. The van der Waals surface area contributed by atoms with Crippen molar-refractivity contribution >= 4 is 5.82 Å². The average Bonchev–Trinajstić information content (AvgIpc) is 3.34. The molecule has 1 spiro atoms. The van der Waals surface area contributed by atoms with Crippen LogP contribution in [0.4, 0.5) is 5.82 Å². The van der Waals surface area contributed by atoms with Crippen molar-refractivity contribution in [3.05, 3.63) is 23.9 Å². The van der Waals surface area contributed by atoms with E-state index in [-0.39, 0.29) is 0 Å². The van der Waals surface area contributed by atoms with Gasteiger partial charge in [-0.2, -0.15) is 5.10 Å². The van der Waals surface area contributed by atoms with Crippen molar-refractivity contribution in [1.29, 1.82) is 0 Å². The highest BCUT2D eigenvalue weighted by Crippen LogP contribution is 2.59. The molecule has 30 heavy (non-hydrogen) atoms. The molecule has 3 fully saturated rings. The molecule has 2 aromatic rings. The third-order valence-corrected chi connectivity index (χ3v) is 7.63. The molecule has 2 saturated heterocycles. The summed E-state index contributed by atoms with van der Waals surface area (Å²) in [6, 6.07) is 4.08. The third kappa shape index (κ3) is 4.10. The summed E-state index contributed by atoms with van der Waals surface area (Å²) < 4.78 is 7.36. The van der Waals surface area contributed by atoms with E-state index < -0.39 is 0 Å². The lowest BCUT2D eigenvalue weighted by Crippen LogP contribution is -2.39. The molecule has 2 aromatic heterocycles. The number of hydrogen-bond acceptors (Lipinski definition) is 6. The van der Waals surface area contributed by atoms with Crippen molar-refractivity contribution in [1.82, 2.24) is 24.9 Å². The minimum absolute atomic E-state index is 0.582. The van der Waals surface area contributed by atoms with Crippen LogP contribution in [-0.4, -0.2) is 64.3 Å². The number of piperidine rings is 1. The first-order valence-corrected chi connectivity index (χ1v) is 11.5. The summed E-state index contributed by atoms with van der Waals surface area (Å²) in [6.45, 7) is 8.80. The van der Waals surface area contributed by atoms with Gasteiger partial charge in [-0.25, -0.2) is 0 Å². The minimum atomic E-state index is 0.582. The predicted molar refractivity (Wildman–Crippen MR) is 117 cm³/mol. The molecule has 162 valence electrons. The first kappa shape index (κ1) is 19.9.